The lowest BCUT2D eigenvalue weighted by Gasteiger charge is -2.24. The third-order valence-electron chi connectivity index (χ3n) is 6.71. The highest BCUT2D eigenvalue weighted by Gasteiger charge is 2.48. The standard InChI is InChI=1S/C30H27ClN2O3S/c1-16-7-6-8-18(13-16)25-24(26(34)21-14-19(30(3,4)5)10-9-17(21)2)27(35)28(36)33(25)29-32-22-12-11-20(31)15-23(22)37-29/h6-15,25,34H,1-5H3/b26-24+. The summed E-state index contributed by atoms with van der Waals surface area (Å²) in [5, 5.41) is 12.6. The Bertz CT molecular complexity index is 1610. The van der Waals surface area contributed by atoms with Crippen LogP contribution < -0.4 is 4.90 Å². The molecule has 0 saturated carbocycles. The van der Waals surface area contributed by atoms with Gasteiger partial charge < -0.3 is 5.11 Å². The molecule has 1 aliphatic heterocycles. The number of aliphatic hydroxyl groups is 1. The summed E-state index contributed by atoms with van der Waals surface area (Å²) in [7, 11) is 0. The fourth-order valence-corrected chi connectivity index (χ4v) is 5.93. The number of rotatable bonds is 3. The van der Waals surface area contributed by atoms with Crippen molar-refractivity contribution < 1.29 is 14.7 Å². The summed E-state index contributed by atoms with van der Waals surface area (Å²) in [5.41, 5.74) is 4.66. The first-order chi connectivity index (χ1) is 17.5. The van der Waals surface area contributed by atoms with Crippen LogP contribution in [0.25, 0.3) is 16.0 Å². The maximum Gasteiger partial charge on any atom is 0.301 e. The van der Waals surface area contributed by atoms with E-state index in [0.29, 0.717) is 21.2 Å². The molecule has 3 aromatic carbocycles. The van der Waals surface area contributed by atoms with Gasteiger partial charge >= 0.3 is 5.91 Å². The van der Waals surface area contributed by atoms with E-state index in [1.807, 2.05) is 56.3 Å². The van der Waals surface area contributed by atoms with Gasteiger partial charge in [0, 0.05) is 10.6 Å². The molecule has 0 spiro atoms. The van der Waals surface area contributed by atoms with Crippen molar-refractivity contribution in [3.05, 3.63) is 99.1 Å². The van der Waals surface area contributed by atoms with Gasteiger partial charge in [-0.3, -0.25) is 14.5 Å². The van der Waals surface area contributed by atoms with Crippen molar-refractivity contribution in [2.45, 2.75) is 46.1 Å². The Morgan fingerprint density at radius 2 is 1.78 bits per heavy atom. The average Bonchev–Trinajstić information content (AvgIpc) is 3.36. The fraction of sp³-hybridized carbons (Fsp3) is 0.233. The number of benzene rings is 3. The van der Waals surface area contributed by atoms with Crippen molar-refractivity contribution in [3.63, 3.8) is 0 Å². The Morgan fingerprint density at radius 1 is 1.03 bits per heavy atom. The largest absolute Gasteiger partial charge is 0.507 e. The number of thiazole rings is 1. The molecule has 1 amide bonds. The maximum atomic E-state index is 13.6. The van der Waals surface area contributed by atoms with Gasteiger partial charge in [-0.15, -0.1) is 0 Å². The van der Waals surface area contributed by atoms with Crippen LogP contribution in [0.15, 0.2) is 66.2 Å². The van der Waals surface area contributed by atoms with Crippen LogP contribution in [-0.4, -0.2) is 21.8 Å². The zero-order chi connectivity index (χ0) is 26.6. The first-order valence-electron chi connectivity index (χ1n) is 12.0. The zero-order valence-electron chi connectivity index (χ0n) is 21.3. The number of carbonyl (C=O) groups excluding carboxylic acids is 2. The molecular weight excluding hydrogens is 504 g/mol. The minimum Gasteiger partial charge on any atom is -0.507 e. The minimum absolute atomic E-state index is 0.0575. The molecule has 1 unspecified atom stereocenters. The minimum atomic E-state index is -0.825. The third-order valence-corrected chi connectivity index (χ3v) is 7.96. The number of hydrogen-bond donors (Lipinski definition) is 1. The number of hydrogen-bond acceptors (Lipinski definition) is 5. The molecular formula is C30H27ClN2O3S. The van der Waals surface area contributed by atoms with Crippen LogP contribution in [0.3, 0.4) is 0 Å². The lowest BCUT2D eigenvalue weighted by Crippen LogP contribution is -2.29. The highest BCUT2D eigenvalue weighted by atomic mass is 35.5. The van der Waals surface area contributed by atoms with Crippen molar-refractivity contribution in [3.8, 4) is 0 Å². The molecule has 1 atom stereocenters. The van der Waals surface area contributed by atoms with Crippen molar-refractivity contribution in [1.82, 2.24) is 4.98 Å². The number of amides is 1. The van der Waals surface area contributed by atoms with E-state index in [2.05, 4.69) is 25.8 Å². The van der Waals surface area contributed by atoms with Gasteiger partial charge in [0.25, 0.3) is 5.78 Å². The molecule has 0 radical (unpaired) electrons. The molecule has 188 valence electrons. The average molecular weight is 531 g/mol. The van der Waals surface area contributed by atoms with Crippen LogP contribution in [0.4, 0.5) is 5.13 Å². The van der Waals surface area contributed by atoms with E-state index >= 15 is 0 Å². The normalized spacial score (nSPS) is 17.7. The Labute approximate surface area is 225 Å². The summed E-state index contributed by atoms with van der Waals surface area (Å²) in [5.74, 6) is -1.63. The van der Waals surface area contributed by atoms with Gasteiger partial charge in [-0.1, -0.05) is 85.7 Å². The molecule has 7 heteroatoms. The third kappa shape index (κ3) is 4.45. The van der Waals surface area contributed by atoms with Crippen molar-refractivity contribution in [1.29, 1.82) is 0 Å². The van der Waals surface area contributed by atoms with Crippen molar-refractivity contribution in [2.75, 3.05) is 4.90 Å². The molecule has 1 fully saturated rings. The number of aliphatic hydroxyl groups excluding tert-OH is 1. The Hall–Kier alpha value is -3.48. The highest BCUT2D eigenvalue weighted by molar-refractivity contribution is 7.22. The van der Waals surface area contributed by atoms with E-state index in [1.165, 1.54) is 16.2 Å². The van der Waals surface area contributed by atoms with E-state index in [-0.39, 0.29) is 16.7 Å². The second kappa shape index (κ2) is 9.12. The van der Waals surface area contributed by atoms with E-state index in [0.717, 1.165) is 27.0 Å². The molecule has 5 rings (SSSR count). The SMILES string of the molecule is Cc1cccc(C2/C(=C(\O)c3cc(C(C)(C)C)ccc3C)C(=O)C(=O)N2c2nc3ccc(Cl)cc3s2)c1. The van der Waals surface area contributed by atoms with Crippen LogP contribution in [0.5, 0.6) is 0 Å². The van der Waals surface area contributed by atoms with Crippen LogP contribution in [0, 0.1) is 13.8 Å². The summed E-state index contributed by atoms with van der Waals surface area (Å²) in [4.78, 5) is 33.2. The molecule has 37 heavy (non-hydrogen) atoms. The fourth-order valence-electron chi connectivity index (χ4n) is 4.66. The lowest BCUT2D eigenvalue weighted by atomic mass is 9.84. The molecule has 4 aromatic rings. The number of fused-ring (bicyclic) bond motifs is 1. The number of aryl methyl sites for hydroxylation is 2. The predicted molar refractivity (Wildman–Crippen MR) is 150 cm³/mol. The number of aromatic nitrogens is 1. The van der Waals surface area contributed by atoms with Gasteiger partial charge in [-0.25, -0.2) is 4.98 Å². The second-order valence-electron chi connectivity index (χ2n) is 10.5. The molecule has 1 aromatic heterocycles. The smallest absolute Gasteiger partial charge is 0.301 e. The van der Waals surface area contributed by atoms with Gasteiger partial charge in [-0.2, -0.15) is 0 Å². The summed E-state index contributed by atoms with van der Waals surface area (Å²) in [6.45, 7) is 10.1. The number of halogens is 1. The highest BCUT2D eigenvalue weighted by Crippen LogP contribution is 2.45. The first kappa shape index (κ1) is 25.2. The topological polar surface area (TPSA) is 70.5 Å². The van der Waals surface area contributed by atoms with E-state index in [1.54, 1.807) is 18.2 Å². The van der Waals surface area contributed by atoms with Crippen LogP contribution in [0.2, 0.25) is 5.02 Å². The molecule has 1 saturated heterocycles. The van der Waals surface area contributed by atoms with Crippen molar-refractivity contribution >= 4 is 55.7 Å². The second-order valence-corrected chi connectivity index (χ2v) is 11.9. The number of Topliss-reactive ketones (excluding diaryl/α,β-unsaturated/α-hetero) is 1. The zero-order valence-corrected chi connectivity index (χ0v) is 22.9. The molecule has 0 bridgehead atoms. The molecule has 1 N–H and O–H groups in total. The number of carbonyl (C=O) groups is 2. The summed E-state index contributed by atoms with van der Waals surface area (Å²) in [6, 6.07) is 18.0. The lowest BCUT2D eigenvalue weighted by molar-refractivity contribution is -0.132. The number of nitrogens with zero attached hydrogens (tertiary/aromatic N) is 2. The van der Waals surface area contributed by atoms with Gasteiger partial charge in [-0.05, 0) is 60.2 Å². The van der Waals surface area contributed by atoms with E-state index in [9.17, 15) is 14.7 Å². The summed E-state index contributed by atoms with van der Waals surface area (Å²) < 4.78 is 0.807. The van der Waals surface area contributed by atoms with Crippen LogP contribution in [-0.2, 0) is 15.0 Å². The molecule has 0 aliphatic carbocycles. The van der Waals surface area contributed by atoms with Crippen LogP contribution in [0.1, 0.15) is 54.6 Å². The summed E-state index contributed by atoms with van der Waals surface area (Å²) >= 11 is 7.47. The van der Waals surface area contributed by atoms with E-state index in [4.69, 9.17) is 11.6 Å². The Balaban J connectivity index is 1.76. The van der Waals surface area contributed by atoms with Crippen molar-refractivity contribution in [2.24, 2.45) is 0 Å². The Kier molecular flexibility index (Phi) is 6.21. The monoisotopic (exact) mass is 530 g/mol. The Morgan fingerprint density at radius 3 is 2.49 bits per heavy atom. The van der Waals surface area contributed by atoms with Crippen LogP contribution >= 0.6 is 22.9 Å². The first-order valence-corrected chi connectivity index (χ1v) is 13.2. The van der Waals surface area contributed by atoms with Gasteiger partial charge in [0.05, 0.1) is 21.8 Å². The summed E-state index contributed by atoms with van der Waals surface area (Å²) in [6.07, 6.45) is 0. The number of ketones is 1. The van der Waals surface area contributed by atoms with Gasteiger partial charge in [0.2, 0.25) is 0 Å². The maximum absolute atomic E-state index is 13.6. The number of anilines is 1. The molecule has 2 heterocycles. The van der Waals surface area contributed by atoms with Gasteiger partial charge in [0.15, 0.2) is 5.13 Å². The molecule has 5 nitrogen and oxygen atoms in total. The van der Waals surface area contributed by atoms with E-state index < -0.39 is 17.7 Å². The quantitative estimate of drug-likeness (QED) is 0.169. The molecule has 1 aliphatic rings. The predicted octanol–water partition coefficient (Wildman–Crippen LogP) is 7.49. The van der Waals surface area contributed by atoms with Gasteiger partial charge in [0.1, 0.15) is 5.76 Å².